The number of hydrogen-bond acceptors (Lipinski definition) is 6. The first-order chi connectivity index (χ1) is 11.8. The van der Waals surface area contributed by atoms with Gasteiger partial charge in [0.15, 0.2) is 0 Å². The van der Waals surface area contributed by atoms with Crippen LogP contribution < -0.4 is 15.4 Å². The second-order valence-electron chi connectivity index (χ2n) is 5.37. The van der Waals surface area contributed by atoms with Gasteiger partial charge in [-0.05, 0) is 61.2 Å². The number of hydrogen-bond donors (Lipinski definition) is 3. The maximum absolute atomic E-state index is 10.5. The van der Waals surface area contributed by atoms with Crippen molar-refractivity contribution < 1.29 is 4.79 Å². The fourth-order valence-corrected chi connectivity index (χ4v) is 5.33. The molecule has 0 bridgehead atoms. The Balaban J connectivity index is 1.87. The van der Waals surface area contributed by atoms with E-state index in [0.29, 0.717) is 6.41 Å². The average Bonchev–Trinajstić information content (AvgIpc) is 2.63. The summed E-state index contributed by atoms with van der Waals surface area (Å²) in [5.41, 5.74) is 3.59. The molecular weight excluding hydrogens is 358 g/mol. The molecule has 0 aliphatic carbocycles. The molecule has 1 heterocycles. The van der Waals surface area contributed by atoms with Crippen LogP contribution in [0.4, 0.5) is 11.4 Å². The standard InChI is InChI=1S/C17H19N3OS3/c1-12-3-5-14-16(9-12)23-24-17-10-13(22-20-11-21)4-6-15(17)19-8-2-7-18-14/h3-6,9-11,18-19H,2,7-8H2,1H3,(H,20,21). The van der Waals surface area contributed by atoms with Gasteiger partial charge >= 0.3 is 0 Å². The lowest BCUT2D eigenvalue weighted by atomic mass is 10.2. The van der Waals surface area contributed by atoms with E-state index in [0.717, 1.165) is 30.1 Å². The smallest absolute Gasteiger partial charge is 0.217 e. The number of amides is 1. The van der Waals surface area contributed by atoms with E-state index in [9.17, 15) is 4.79 Å². The lowest BCUT2D eigenvalue weighted by Crippen LogP contribution is -2.09. The predicted molar refractivity (Wildman–Crippen MR) is 106 cm³/mol. The Labute approximate surface area is 154 Å². The van der Waals surface area contributed by atoms with Crippen molar-refractivity contribution in [3.8, 4) is 0 Å². The van der Waals surface area contributed by atoms with Gasteiger partial charge in [-0.2, -0.15) is 0 Å². The fourth-order valence-electron chi connectivity index (χ4n) is 2.34. The Bertz CT molecular complexity index is 724. The van der Waals surface area contributed by atoms with Crippen LogP contribution in [-0.2, 0) is 4.79 Å². The highest BCUT2D eigenvalue weighted by Crippen LogP contribution is 2.45. The van der Waals surface area contributed by atoms with E-state index < -0.39 is 0 Å². The van der Waals surface area contributed by atoms with Crippen LogP contribution in [0.15, 0.2) is 51.1 Å². The van der Waals surface area contributed by atoms with Crippen LogP contribution in [0.2, 0.25) is 0 Å². The number of nitrogens with one attached hydrogen (secondary N) is 3. The van der Waals surface area contributed by atoms with Crippen molar-refractivity contribution in [1.29, 1.82) is 0 Å². The Morgan fingerprint density at radius 3 is 2.42 bits per heavy atom. The normalized spacial score (nSPS) is 14.2. The third-order valence-corrected chi connectivity index (χ3v) is 6.67. The Hall–Kier alpha value is -1.44. The third kappa shape index (κ3) is 4.55. The molecule has 3 N–H and O–H groups in total. The van der Waals surface area contributed by atoms with Gasteiger partial charge in [0.05, 0.1) is 0 Å². The number of fused-ring (bicyclic) bond motifs is 2. The largest absolute Gasteiger partial charge is 0.384 e. The molecule has 4 nitrogen and oxygen atoms in total. The minimum Gasteiger partial charge on any atom is -0.384 e. The van der Waals surface area contributed by atoms with Crippen LogP contribution in [0.3, 0.4) is 0 Å². The van der Waals surface area contributed by atoms with Gasteiger partial charge in [-0.15, -0.1) is 0 Å². The third-order valence-electron chi connectivity index (χ3n) is 3.52. The van der Waals surface area contributed by atoms with Crippen LogP contribution in [0.1, 0.15) is 12.0 Å². The molecule has 0 radical (unpaired) electrons. The summed E-state index contributed by atoms with van der Waals surface area (Å²) < 4.78 is 2.64. The molecule has 0 atom stereocenters. The first-order valence-electron chi connectivity index (χ1n) is 7.69. The van der Waals surface area contributed by atoms with E-state index in [4.69, 9.17) is 0 Å². The number of benzene rings is 2. The molecule has 2 aromatic rings. The minimum atomic E-state index is 0.700. The maximum atomic E-state index is 10.5. The monoisotopic (exact) mass is 377 g/mol. The van der Waals surface area contributed by atoms with E-state index in [1.807, 2.05) is 6.07 Å². The first-order valence-corrected chi connectivity index (χ1v) is 10.7. The van der Waals surface area contributed by atoms with Gasteiger partial charge in [-0.25, -0.2) is 0 Å². The van der Waals surface area contributed by atoms with E-state index in [1.54, 1.807) is 21.6 Å². The molecule has 7 heteroatoms. The number of anilines is 2. The summed E-state index contributed by atoms with van der Waals surface area (Å²) in [6.07, 6.45) is 1.75. The van der Waals surface area contributed by atoms with Gasteiger partial charge in [-0.3, -0.25) is 9.52 Å². The molecule has 1 amide bonds. The van der Waals surface area contributed by atoms with Crippen molar-refractivity contribution in [3.63, 3.8) is 0 Å². The lowest BCUT2D eigenvalue weighted by Gasteiger charge is -2.12. The topological polar surface area (TPSA) is 53.2 Å². The SMILES string of the molecule is Cc1ccc2c(c1)SSc1cc(SNC=O)ccc1NCCCN2. The molecule has 0 aromatic heterocycles. The van der Waals surface area contributed by atoms with Crippen molar-refractivity contribution in [2.24, 2.45) is 0 Å². The van der Waals surface area contributed by atoms with E-state index in [-0.39, 0.29) is 0 Å². The quantitative estimate of drug-likeness (QED) is 0.407. The maximum Gasteiger partial charge on any atom is 0.217 e. The number of rotatable bonds is 3. The molecule has 0 unspecified atom stereocenters. The summed E-state index contributed by atoms with van der Waals surface area (Å²) in [4.78, 5) is 13.9. The van der Waals surface area contributed by atoms with Crippen molar-refractivity contribution in [1.82, 2.24) is 4.72 Å². The molecular formula is C17H19N3OS3. The predicted octanol–water partition coefficient (Wildman–Crippen LogP) is 4.78. The summed E-state index contributed by atoms with van der Waals surface area (Å²) in [6, 6.07) is 12.7. The first kappa shape index (κ1) is 17.4. The minimum absolute atomic E-state index is 0.700. The zero-order valence-electron chi connectivity index (χ0n) is 13.3. The summed E-state index contributed by atoms with van der Waals surface area (Å²) >= 11 is 1.33. The van der Waals surface area contributed by atoms with E-state index >= 15 is 0 Å². The summed E-state index contributed by atoms with van der Waals surface area (Å²) in [5, 5.41) is 7.04. The van der Waals surface area contributed by atoms with Crippen LogP contribution in [-0.4, -0.2) is 19.5 Å². The second kappa shape index (κ2) is 8.60. The van der Waals surface area contributed by atoms with Crippen LogP contribution in [0.5, 0.6) is 0 Å². The van der Waals surface area contributed by atoms with Crippen LogP contribution >= 0.6 is 33.5 Å². The van der Waals surface area contributed by atoms with Gasteiger partial charge in [-0.1, -0.05) is 27.7 Å². The number of carbonyl (C=O) groups is 1. The zero-order chi connectivity index (χ0) is 16.8. The molecule has 0 fully saturated rings. The number of aryl methyl sites for hydroxylation is 1. The van der Waals surface area contributed by atoms with Crippen LogP contribution in [0.25, 0.3) is 0 Å². The molecule has 3 rings (SSSR count). The molecule has 1 aliphatic heterocycles. The molecule has 126 valence electrons. The Morgan fingerprint density at radius 2 is 1.71 bits per heavy atom. The molecule has 0 saturated carbocycles. The van der Waals surface area contributed by atoms with Gasteiger partial charge in [0, 0.05) is 39.2 Å². The van der Waals surface area contributed by atoms with Crippen molar-refractivity contribution in [3.05, 3.63) is 42.0 Å². The van der Waals surface area contributed by atoms with Gasteiger partial charge in [0.2, 0.25) is 6.41 Å². The molecule has 0 spiro atoms. The highest BCUT2D eigenvalue weighted by molar-refractivity contribution is 8.76. The zero-order valence-corrected chi connectivity index (χ0v) is 15.7. The highest BCUT2D eigenvalue weighted by atomic mass is 33.1. The average molecular weight is 378 g/mol. The van der Waals surface area contributed by atoms with Gasteiger partial charge in [0.25, 0.3) is 0 Å². The summed E-state index contributed by atoms with van der Waals surface area (Å²) in [6.45, 7) is 3.98. The second-order valence-corrected chi connectivity index (χ2v) is 8.49. The summed E-state index contributed by atoms with van der Waals surface area (Å²) in [7, 11) is 3.50. The highest BCUT2D eigenvalue weighted by Gasteiger charge is 2.11. The molecule has 0 saturated heterocycles. The molecule has 1 aliphatic rings. The molecule has 2 aromatic carbocycles. The van der Waals surface area contributed by atoms with E-state index in [1.165, 1.54) is 33.0 Å². The summed E-state index contributed by atoms with van der Waals surface area (Å²) in [5.74, 6) is 0. The lowest BCUT2D eigenvalue weighted by molar-refractivity contribution is -0.107. The molecule has 24 heavy (non-hydrogen) atoms. The van der Waals surface area contributed by atoms with Crippen molar-refractivity contribution in [2.75, 3.05) is 23.7 Å². The number of carbonyl (C=O) groups excluding carboxylic acids is 1. The van der Waals surface area contributed by atoms with E-state index in [2.05, 4.69) is 52.6 Å². The fraction of sp³-hybridized carbons (Fsp3) is 0.235. The Kier molecular flexibility index (Phi) is 6.23. The van der Waals surface area contributed by atoms with Crippen molar-refractivity contribution >= 4 is 51.3 Å². The Morgan fingerprint density at radius 1 is 1.04 bits per heavy atom. The van der Waals surface area contributed by atoms with Crippen LogP contribution in [0, 0.1) is 6.92 Å². The van der Waals surface area contributed by atoms with Gasteiger partial charge in [0.1, 0.15) is 0 Å². The van der Waals surface area contributed by atoms with Crippen molar-refractivity contribution in [2.45, 2.75) is 28.0 Å². The van der Waals surface area contributed by atoms with Gasteiger partial charge < -0.3 is 10.6 Å².